The second-order valence-electron chi connectivity index (χ2n) is 17.6. The molecule has 2 aromatic carbocycles. The van der Waals surface area contributed by atoms with Gasteiger partial charge in [0.15, 0.2) is 6.73 Å². The van der Waals surface area contributed by atoms with Gasteiger partial charge >= 0.3 is 5.97 Å². The van der Waals surface area contributed by atoms with Crippen molar-refractivity contribution in [1.82, 2.24) is 19.1 Å². The second-order valence-corrected chi connectivity index (χ2v) is 17.6. The molecule has 6 heterocycles. The summed E-state index contributed by atoms with van der Waals surface area (Å²) < 4.78 is 20.9. The topological polar surface area (TPSA) is 200 Å². The molecule has 8 rings (SSSR count). The third kappa shape index (κ3) is 13.0. The summed E-state index contributed by atoms with van der Waals surface area (Å²) in [7, 11) is 0. The van der Waals surface area contributed by atoms with Gasteiger partial charge in [-0.05, 0) is 105 Å². The highest BCUT2D eigenvalue weighted by molar-refractivity contribution is 5.90. The Morgan fingerprint density at radius 1 is 0.658 bits per heavy atom. The van der Waals surface area contributed by atoms with Crippen LogP contribution in [0.3, 0.4) is 0 Å². The molecule has 5 N–H and O–H groups in total. The molecule has 0 fully saturated rings. The van der Waals surface area contributed by atoms with E-state index < -0.39 is 0 Å². The lowest BCUT2D eigenvalue weighted by Gasteiger charge is -2.27. The van der Waals surface area contributed by atoms with Crippen LogP contribution in [0.15, 0.2) is 182 Å². The number of nitrogens with zero attached hydrogens (tertiary/aromatic N) is 6. The minimum Gasteiger partial charge on any atom is -0.444 e. The third-order valence-electron chi connectivity index (χ3n) is 12.4. The number of esters is 1. The van der Waals surface area contributed by atoms with Crippen molar-refractivity contribution in [3.63, 3.8) is 0 Å². The molecule has 6 aromatic rings. The maximum absolute atomic E-state index is 12.4. The fraction of sp³-hybridized carbons (Fsp3) is 0.250. The number of nitrogens with two attached hydrogens (primary N) is 2. The number of carbonyl (C=O) groups is 1. The van der Waals surface area contributed by atoms with E-state index in [1.807, 2.05) is 79.2 Å². The molecule has 0 saturated carbocycles. The van der Waals surface area contributed by atoms with Gasteiger partial charge in [0.05, 0.1) is 22.9 Å². The molecular formula is C60H62N8O5. The van der Waals surface area contributed by atoms with Gasteiger partial charge in [0.1, 0.15) is 41.5 Å². The number of allylic oxidation sites excluding steroid dienone is 14. The minimum absolute atomic E-state index is 0.0811. The molecule has 13 heteroatoms. The summed E-state index contributed by atoms with van der Waals surface area (Å²) in [4.78, 5) is 21.0. The number of aryl methyl sites for hydroxylation is 2. The number of nitriles is 2. The van der Waals surface area contributed by atoms with Gasteiger partial charge in [-0.3, -0.25) is 14.8 Å². The lowest BCUT2D eigenvalue weighted by Crippen LogP contribution is -2.21. The first-order valence-corrected chi connectivity index (χ1v) is 24.5. The number of carbonyl (C=O) groups excluding carboxylic acids is 1. The Morgan fingerprint density at radius 2 is 1.10 bits per heavy atom. The smallest absolute Gasteiger partial charge is 0.307 e. The number of rotatable bonds is 19. The van der Waals surface area contributed by atoms with Gasteiger partial charge in [0.25, 0.3) is 0 Å². The number of aliphatic hydroxyl groups excluding tert-OH is 1. The van der Waals surface area contributed by atoms with Crippen molar-refractivity contribution in [3.8, 4) is 23.6 Å². The number of hydrogen-bond donors (Lipinski definition) is 3. The van der Waals surface area contributed by atoms with E-state index in [0.717, 1.165) is 93.7 Å². The van der Waals surface area contributed by atoms with E-state index in [2.05, 4.69) is 95.9 Å². The summed E-state index contributed by atoms with van der Waals surface area (Å²) in [6.07, 6.45) is 43.4. The first-order valence-electron chi connectivity index (χ1n) is 24.5. The Morgan fingerprint density at radius 3 is 1.53 bits per heavy atom. The first-order chi connectivity index (χ1) is 35.7. The van der Waals surface area contributed by atoms with Crippen molar-refractivity contribution < 1.29 is 24.1 Å². The number of fused-ring (bicyclic) bond motifs is 6. The third-order valence-corrected chi connectivity index (χ3v) is 12.4. The van der Waals surface area contributed by atoms with Crippen molar-refractivity contribution in [2.24, 2.45) is 11.5 Å². The minimum atomic E-state index is -0.384. The monoisotopic (exact) mass is 974 g/mol. The SMILES string of the molecule is CC/C=C\C/C=C\C/C=C\C/C=C\C/C=C\C/C=C\CCC(=O)OCn1ccc2c3c(ccc21)C(c1cncc(C)c1)C(C#N)=C(N)O3.Cc1cncc(C2C(C#N)=C(N)Oc3c2ccc2c3ccn2CO)c1. The zero-order chi connectivity index (χ0) is 51.5. The Hall–Kier alpha value is -8.65. The van der Waals surface area contributed by atoms with Crippen LogP contribution in [0.5, 0.6) is 11.5 Å². The molecule has 73 heavy (non-hydrogen) atoms. The molecule has 0 aliphatic carbocycles. The number of ether oxygens (including phenoxy) is 3. The van der Waals surface area contributed by atoms with Crippen LogP contribution in [0.2, 0.25) is 0 Å². The maximum Gasteiger partial charge on any atom is 0.307 e. The molecule has 0 amide bonds. The van der Waals surface area contributed by atoms with Crippen LogP contribution in [0.25, 0.3) is 21.8 Å². The number of benzene rings is 2. The first kappa shape index (κ1) is 52.2. The van der Waals surface area contributed by atoms with E-state index in [-0.39, 0.29) is 43.0 Å². The molecule has 2 aliphatic rings. The standard InChI is InChI=1S/C41H46N4O3.C19H16N4O2/c1-3-4-5-6-7-8-9-10-11-12-13-14-15-16-17-18-19-20-21-22-38(46)47-31-45-26-25-34-37(45)24-23-35-39(33-27-32(2)29-44-30-33)36(28-42)41(43)48-40(34)35;1-11-6-12(9-22-8-11)17-14-2-3-16-13(4-5-23(16)10-24)18(14)25-19(21)15(17)7-20/h4-5,7-8,10-11,13-14,16-17,19-20,23-27,29-30,39H,3,6,9,12,15,18,21-22,31,43H2,1-2H3;2-6,8-9,17,24H,10,21H2,1H3/b5-4-,8-7-,11-10-,14-13-,17-16-,20-19-;. The lowest BCUT2D eigenvalue weighted by molar-refractivity contribution is -0.147. The van der Waals surface area contributed by atoms with Gasteiger partial charge in [-0.15, -0.1) is 0 Å². The van der Waals surface area contributed by atoms with E-state index in [9.17, 15) is 20.4 Å². The van der Waals surface area contributed by atoms with Crippen molar-refractivity contribution in [1.29, 1.82) is 10.5 Å². The van der Waals surface area contributed by atoms with Crippen LogP contribution >= 0.6 is 0 Å². The molecule has 2 unspecified atom stereocenters. The lowest BCUT2D eigenvalue weighted by atomic mass is 9.83. The molecular weight excluding hydrogens is 913 g/mol. The van der Waals surface area contributed by atoms with Gasteiger partial charge in [0, 0.05) is 65.5 Å². The quantitative estimate of drug-likeness (QED) is 0.0515. The fourth-order valence-corrected chi connectivity index (χ4v) is 8.83. The average Bonchev–Trinajstić information content (AvgIpc) is 4.03. The number of pyridine rings is 2. The predicted octanol–water partition coefficient (Wildman–Crippen LogP) is 12.1. The van der Waals surface area contributed by atoms with Crippen molar-refractivity contribution in [3.05, 3.63) is 215 Å². The van der Waals surface area contributed by atoms with Crippen molar-refractivity contribution >= 4 is 27.8 Å². The van der Waals surface area contributed by atoms with Gasteiger partial charge in [-0.25, -0.2) is 0 Å². The summed E-state index contributed by atoms with van der Waals surface area (Å²) in [5, 5.41) is 30.6. The van der Waals surface area contributed by atoms with Gasteiger partial charge in [-0.2, -0.15) is 10.5 Å². The Kier molecular flexibility index (Phi) is 18.6. The van der Waals surface area contributed by atoms with E-state index in [0.29, 0.717) is 35.5 Å². The molecule has 2 atom stereocenters. The van der Waals surface area contributed by atoms with Crippen molar-refractivity contribution in [2.45, 2.75) is 97.4 Å². The summed E-state index contributed by atoms with van der Waals surface area (Å²) >= 11 is 0. The van der Waals surface area contributed by atoms with Crippen molar-refractivity contribution in [2.75, 3.05) is 0 Å². The van der Waals surface area contributed by atoms with E-state index in [1.54, 1.807) is 35.6 Å². The highest BCUT2D eigenvalue weighted by Gasteiger charge is 2.34. The van der Waals surface area contributed by atoms with Gasteiger partial charge in [0.2, 0.25) is 11.8 Å². The van der Waals surface area contributed by atoms with Crippen LogP contribution in [0, 0.1) is 36.5 Å². The number of aromatic nitrogens is 4. The average molecular weight is 975 g/mol. The molecule has 0 spiro atoms. The second kappa shape index (κ2) is 26.0. The highest BCUT2D eigenvalue weighted by atomic mass is 16.5. The van der Waals surface area contributed by atoms with Gasteiger partial charge in [-0.1, -0.05) is 104 Å². The van der Waals surface area contributed by atoms with Crippen LogP contribution in [-0.4, -0.2) is 30.2 Å². The maximum atomic E-state index is 12.4. The normalized spacial score (nSPS) is 15.6. The number of hydrogen-bond acceptors (Lipinski definition) is 11. The van der Waals surface area contributed by atoms with Gasteiger partial charge < -0.3 is 39.9 Å². The fourth-order valence-electron chi connectivity index (χ4n) is 8.83. The van der Waals surface area contributed by atoms with E-state index in [1.165, 1.54) is 0 Å². The molecule has 2 aliphatic heterocycles. The van der Waals surface area contributed by atoms with Crippen LogP contribution < -0.4 is 20.9 Å². The van der Waals surface area contributed by atoms with E-state index in [4.69, 9.17) is 25.7 Å². The predicted molar refractivity (Wildman–Crippen MR) is 286 cm³/mol. The summed E-state index contributed by atoms with van der Waals surface area (Å²) in [5.74, 6) is 0.423. The highest BCUT2D eigenvalue weighted by Crippen LogP contribution is 2.47. The van der Waals surface area contributed by atoms with Crippen LogP contribution in [0.1, 0.15) is 104 Å². The Balaban J connectivity index is 0.000000259. The Labute approximate surface area is 427 Å². The number of aliphatic hydroxyl groups is 1. The molecule has 4 aromatic heterocycles. The molecule has 372 valence electrons. The molecule has 0 saturated heterocycles. The summed E-state index contributed by atoms with van der Waals surface area (Å²) in [6, 6.07) is 19.9. The zero-order valence-corrected chi connectivity index (χ0v) is 41.7. The Bertz CT molecular complexity index is 3260. The summed E-state index contributed by atoms with van der Waals surface area (Å²) in [6.45, 7) is 6.03. The molecule has 0 radical (unpaired) electrons. The molecule has 13 nitrogen and oxygen atoms in total. The molecule has 0 bridgehead atoms. The van der Waals surface area contributed by atoms with E-state index >= 15 is 0 Å². The zero-order valence-electron chi connectivity index (χ0n) is 41.7. The van der Waals surface area contributed by atoms with Crippen LogP contribution in [0.4, 0.5) is 0 Å². The summed E-state index contributed by atoms with van der Waals surface area (Å²) in [5.41, 5.74) is 20.2. The van der Waals surface area contributed by atoms with Crippen LogP contribution in [-0.2, 0) is 23.0 Å². The largest absolute Gasteiger partial charge is 0.444 e.